The molecule has 9 heteroatoms. The lowest BCUT2D eigenvalue weighted by Gasteiger charge is -2.08. The van der Waals surface area contributed by atoms with E-state index in [0.717, 1.165) is 26.5 Å². The molecule has 1 amide bonds. The normalized spacial score (nSPS) is 10.6. The minimum Gasteiger partial charge on any atom is -0.456 e. The number of aromatic nitrogens is 3. The molecule has 0 spiro atoms. The van der Waals surface area contributed by atoms with Crippen LogP contribution >= 0.6 is 15.9 Å². The number of carbonyl (C=O) groups excluding carboxylic acids is 2. The van der Waals surface area contributed by atoms with Crippen molar-refractivity contribution in [1.82, 2.24) is 15.2 Å². The van der Waals surface area contributed by atoms with Crippen LogP contribution in [0, 0.1) is 0 Å². The van der Waals surface area contributed by atoms with E-state index >= 15 is 0 Å². The molecule has 0 bridgehead atoms. The number of hydrogen-bond acceptors (Lipinski definition) is 6. The molecule has 2 aromatic heterocycles. The van der Waals surface area contributed by atoms with E-state index in [9.17, 15) is 9.59 Å². The molecule has 4 N–H and O–H groups in total. The fourth-order valence-corrected chi connectivity index (χ4v) is 2.84. The van der Waals surface area contributed by atoms with Crippen molar-refractivity contribution in [2.24, 2.45) is 0 Å². The third-order valence-corrected chi connectivity index (χ3v) is 4.05. The number of rotatable bonds is 4. The lowest BCUT2D eigenvalue weighted by Crippen LogP contribution is -2.20. The molecular weight excluding hydrogens is 390 g/mol. The summed E-state index contributed by atoms with van der Waals surface area (Å²) < 4.78 is 5.47. The summed E-state index contributed by atoms with van der Waals surface area (Å²) in [6.07, 6.45) is 1.58. The Labute approximate surface area is 150 Å². The Morgan fingerprint density at radius 3 is 2.88 bits per heavy atom. The van der Waals surface area contributed by atoms with Gasteiger partial charge in [-0.2, -0.15) is 5.10 Å². The lowest BCUT2D eigenvalue weighted by molar-refractivity contribution is -0.144. The number of esters is 1. The highest BCUT2D eigenvalue weighted by atomic mass is 79.9. The van der Waals surface area contributed by atoms with E-state index in [1.165, 1.54) is 6.92 Å². The van der Waals surface area contributed by atoms with Gasteiger partial charge in [-0.1, -0.05) is 0 Å². The maximum atomic E-state index is 11.7. The summed E-state index contributed by atoms with van der Waals surface area (Å²) in [5.41, 5.74) is 8.40. The van der Waals surface area contributed by atoms with Crippen LogP contribution in [0.25, 0.3) is 22.0 Å². The van der Waals surface area contributed by atoms with Crippen LogP contribution in [0.4, 0.5) is 11.6 Å². The van der Waals surface area contributed by atoms with Gasteiger partial charge < -0.3 is 15.8 Å². The Morgan fingerprint density at radius 2 is 2.12 bits per heavy atom. The number of nitrogens with two attached hydrogens (primary N) is 1. The number of nitrogens with zero attached hydrogens (tertiary/aromatic N) is 2. The zero-order valence-electron chi connectivity index (χ0n) is 13.2. The zero-order chi connectivity index (χ0) is 18.0. The molecule has 0 fully saturated rings. The smallest absolute Gasteiger partial charge is 0.303 e. The predicted octanol–water partition coefficient (Wildman–Crippen LogP) is 2.47. The molecule has 3 rings (SSSR count). The number of anilines is 2. The molecule has 2 heterocycles. The number of pyridine rings is 1. The molecule has 128 valence electrons. The highest BCUT2D eigenvalue weighted by molar-refractivity contribution is 9.10. The molecule has 0 atom stereocenters. The van der Waals surface area contributed by atoms with E-state index in [0.29, 0.717) is 11.6 Å². The standard InChI is InChI=1S/C16H14BrN5O3/c1-8(23)25-7-14(24)20-13-6-9(2-3-19-13)10-4-11-15(12(17)5-10)21-22-16(11)18/h2-6H,7H2,1H3,(H3,18,21,22)(H,19,20,24). The van der Waals surface area contributed by atoms with Crippen LogP contribution in [0.5, 0.6) is 0 Å². The molecule has 0 saturated carbocycles. The van der Waals surface area contributed by atoms with E-state index in [-0.39, 0.29) is 6.61 Å². The van der Waals surface area contributed by atoms with E-state index in [4.69, 9.17) is 5.73 Å². The van der Waals surface area contributed by atoms with Gasteiger partial charge in [0.2, 0.25) is 0 Å². The van der Waals surface area contributed by atoms with Crippen LogP contribution in [0.1, 0.15) is 6.92 Å². The van der Waals surface area contributed by atoms with Crippen molar-refractivity contribution in [2.75, 3.05) is 17.7 Å². The molecule has 3 aromatic rings. The van der Waals surface area contributed by atoms with Gasteiger partial charge in [0.15, 0.2) is 12.4 Å². The summed E-state index contributed by atoms with van der Waals surface area (Å²) in [4.78, 5) is 26.6. The van der Waals surface area contributed by atoms with Gasteiger partial charge in [-0.15, -0.1) is 0 Å². The first kappa shape index (κ1) is 16.9. The second-order valence-electron chi connectivity index (χ2n) is 5.25. The van der Waals surface area contributed by atoms with Gasteiger partial charge in [0.25, 0.3) is 5.91 Å². The number of amides is 1. The second-order valence-corrected chi connectivity index (χ2v) is 6.10. The van der Waals surface area contributed by atoms with E-state index in [1.807, 2.05) is 18.2 Å². The number of hydrogen-bond donors (Lipinski definition) is 3. The molecule has 0 saturated heterocycles. The van der Waals surface area contributed by atoms with Crippen LogP contribution in [-0.2, 0) is 14.3 Å². The second kappa shape index (κ2) is 6.89. The highest BCUT2D eigenvalue weighted by Crippen LogP contribution is 2.32. The summed E-state index contributed by atoms with van der Waals surface area (Å²) in [6.45, 7) is 0.881. The Morgan fingerprint density at radius 1 is 1.32 bits per heavy atom. The van der Waals surface area contributed by atoms with Crippen molar-refractivity contribution in [2.45, 2.75) is 6.92 Å². The van der Waals surface area contributed by atoms with Gasteiger partial charge in [-0.25, -0.2) is 4.98 Å². The molecule has 0 aliphatic heterocycles. The number of nitrogen functional groups attached to an aromatic ring is 1. The Kier molecular flexibility index (Phi) is 4.66. The molecule has 1 aromatic carbocycles. The monoisotopic (exact) mass is 403 g/mol. The SMILES string of the molecule is CC(=O)OCC(=O)Nc1cc(-c2cc(Br)c3[nH]nc(N)c3c2)ccn1. The minimum absolute atomic E-state index is 0.353. The first-order valence-electron chi connectivity index (χ1n) is 7.27. The maximum Gasteiger partial charge on any atom is 0.303 e. The molecule has 8 nitrogen and oxygen atoms in total. The zero-order valence-corrected chi connectivity index (χ0v) is 14.8. The number of benzene rings is 1. The first-order chi connectivity index (χ1) is 11.9. The van der Waals surface area contributed by atoms with Crippen LogP contribution in [0.3, 0.4) is 0 Å². The van der Waals surface area contributed by atoms with Crippen LogP contribution in [0.2, 0.25) is 0 Å². The fourth-order valence-electron chi connectivity index (χ4n) is 2.29. The summed E-state index contributed by atoms with van der Waals surface area (Å²) >= 11 is 3.49. The van der Waals surface area contributed by atoms with Crippen molar-refractivity contribution < 1.29 is 14.3 Å². The average Bonchev–Trinajstić information content (AvgIpc) is 2.95. The molecule has 0 aliphatic rings. The van der Waals surface area contributed by atoms with Crippen LogP contribution in [0.15, 0.2) is 34.9 Å². The van der Waals surface area contributed by atoms with Gasteiger partial charge >= 0.3 is 5.97 Å². The Bertz CT molecular complexity index is 970. The summed E-state index contributed by atoms with van der Waals surface area (Å²) in [7, 11) is 0. The fraction of sp³-hybridized carbons (Fsp3) is 0.125. The highest BCUT2D eigenvalue weighted by Gasteiger charge is 2.11. The van der Waals surface area contributed by atoms with Crippen molar-refractivity contribution in [3.63, 3.8) is 0 Å². The van der Waals surface area contributed by atoms with Crippen molar-refractivity contribution in [3.8, 4) is 11.1 Å². The van der Waals surface area contributed by atoms with Gasteiger partial charge in [-0.3, -0.25) is 14.7 Å². The van der Waals surface area contributed by atoms with Crippen molar-refractivity contribution >= 4 is 50.3 Å². The Balaban J connectivity index is 1.87. The number of nitrogens with one attached hydrogen (secondary N) is 2. The van der Waals surface area contributed by atoms with Crippen molar-refractivity contribution in [1.29, 1.82) is 0 Å². The number of fused-ring (bicyclic) bond motifs is 1. The number of aromatic amines is 1. The third-order valence-electron chi connectivity index (χ3n) is 3.42. The molecule has 25 heavy (non-hydrogen) atoms. The Hall–Kier alpha value is -2.94. The van der Waals surface area contributed by atoms with Crippen molar-refractivity contribution in [3.05, 3.63) is 34.9 Å². The van der Waals surface area contributed by atoms with Crippen LogP contribution < -0.4 is 11.1 Å². The molecule has 0 aliphatic carbocycles. The number of halogens is 1. The van der Waals surface area contributed by atoms with Crippen LogP contribution in [-0.4, -0.2) is 33.7 Å². The summed E-state index contributed by atoms with van der Waals surface area (Å²) in [6, 6.07) is 7.35. The summed E-state index contributed by atoms with van der Waals surface area (Å²) in [5, 5.41) is 10.2. The average molecular weight is 404 g/mol. The van der Waals surface area contributed by atoms with Gasteiger partial charge in [-0.05, 0) is 51.3 Å². The van der Waals surface area contributed by atoms with E-state index < -0.39 is 11.9 Å². The maximum absolute atomic E-state index is 11.7. The minimum atomic E-state index is -0.521. The van der Waals surface area contributed by atoms with Gasteiger partial charge in [0.1, 0.15) is 5.82 Å². The third kappa shape index (κ3) is 3.77. The number of carbonyl (C=O) groups is 2. The topological polar surface area (TPSA) is 123 Å². The molecule has 0 radical (unpaired) electrons. The van der Waals surface area contributed by atoms with E-state index in [2.05, 4.69) is 41.2 Å². The molecule has 0 unspecified atom stereocenters. The largest absolute Gasteiger partial charge is 0.456 e. The summed E-state index contributed by atoms with van der Waals surface area (Å²) in [5.74, 6) is -0.226. The van der Waals surface area contributed by atoms with E-state index in [1.54, 1.807) is 12.3 Å². The lowest BCUT2D eigenvalue weighted by atomic mass is 10.0. The quantitative estimate of drug-likeness (QED) is 0.574. The molecular formula is C16H14BrN5O3. The van der Waals surface area contributed by atoms with Gasteiger partial charge in [0, 0.05) is 23.0 Å². The number of H-pyrrole nitrogens is 1. The first-order valence-corrected chi connectivity index (χ1v) is 8.06. The number of ether oxygens (including phenoxy) is 1. The van der Waals surface area contributed by atoms with Gasteiger partial charge in [0.05, 0.1) is 5.52 Å². The predicted molar refractivity (Wildman–Crippen MR) is 96.7 cm³/mol.